The molecule has 0 amide bonds. The summed E-state index contributed by atoms with van der Waals surface area (Å²) in [4.78, 5) is 10.9. The summed E-state index contributed by atoms with van der Waals surface area (Å²) in [6.07, 6.45) is 2.17. The van der Waals surface area contributed by atoms with E-state index in [1.54, 1.807) is 12.1 Å². The first-order chi connectivity index (χ1) is 7.52. The number of halogens is 1. The molecule has 0 radical (unpaired) electrons. The molecule has 1 unspecified atom stereocenters. The number of rotatable bonds is 5. The Hall–Kier alpha value is -1.03. The molecule has 1 rings (SSSR count). The van der Waals surface area contributed by atoms with E-state index in [0.717, 1.165) is 23.0 Å². The molecule has 0 aliphatic carbocycles. The van der Waals surface area contributed by atoms with E-state index in [9.17, 15) is 4.79 Å². The smallest absolute Gasteiger partial charge is 0.335 e. The van der Waals surface area contributed by atoms with Crippen LogP contribution < -0.4 is 5.32 Å². The Morgan fingerprint density at radius 3 is 2.75 bits per heavy atom. The van der Waals surface area contributed by atoms with Crippen LogP contribution in [0.5, 0.6) is 0 Å². The van der Waals surface area contributed by atoms with Crippen molar-refractivity contribution >= 4 is 27.6 Å². The number of carbonyl (C=O) groups is 1. The molecule has 1 aromatic carbocycles. The Bertz CT molecular complexity index is 379. The van der Waals surface area contributed by atoms with Crippen LogP contribution in [-0.4, -0.2) is 17.1 Å². The molecule has 0 fully saturated rings. The largest absolute Gasteiger partial charge is 0.478 e. The van der Waals surface area contributed by atoms with E-state index >= 15 is 0 Å². The zero-order chi connectivity index (χ0) is 12.1. The van der Waals surface area contributed by atoms with E-state index in [4.69, 9.17) is 5.11 Å². The first kappa shape index (κ1) is 13.0. The molecule has 4 heteroatoms. The first-order valence-electron chi connectivity index (χ1n) is 5.33. The molecular formula is C12H16BrNO2. The predicted molar refractivity (Wildman–Crippen MR) is 69.1 cm³/mol. The average Bonchev–Trinajstić information content (AvgIpc) is 2.16. The van der Waals surface area contributed by atoms with Gasteiger partial charge < -0.3 is 10.4 Å². The van der Waals surface area contributed by atoms with E-state index < -0.39 is 5.97 Å². The Morgan fingerprint density at radius 1 is 1.50 bits per heavy atom. The molecule has 3 nitrogen and oxygen atoms in total. The first-order valence-corrected chi connectivity index (χ1v) is 6.12. The van der Waals surface area contributed by atoms with Gasteiger partial charge in [-0.25, -0.2) is 4.79 Å². The lowest BCUT2D eigenvalue weighted by molar-refractivity contribution is 0.0697. The van der Waals surface area contributed by atoms with Gasteiger partial charge in [0.05, 0.1) is 5.56 Å². The number of aromatic carboxylic acids is 1. The van der Waals surface area contributed by atoms with Crippen LogP contribution in [0.25, 0.3) is 0 Å². The third-order valence-electron chi connectivity index (χ3n) is 2.28. The van der Waals surface area contributed by atoms with Gasteiger partial charge in [-0.05, 0) is 31.5 Å². The van der Waals surface area contributed by atoms with Crippen LogP contribution in [0.15, 0.2) is 22.7 Å². The predicted octanol–water partition coefficient (Wildman–Crippen LogP) is 3.75. The third-order valence-corrected chi connectivity index (χ3v) is 2.74. The molecule has 0 aromatic heterocycles. The molecule has 0 aliphatic rings. The molecule has 0 heterocycles. The maximum absolute atomic E-state index is 10.9. The lowest BCUT2D eigenvalue weighted by Gasteiger charge is -2.15. The van der Waals surface area contributed by atoms with Gasteiger partial charge in [-0.15, -0.1) is 0 Å². The van der Waals surface area contributed by atoms with E-state index in [0.29, 0.717) is 11.6 Å². The maximum Gasteiger partial charge on any atom is 0.335 e. The summed E-state index contributed by atoms with van der Waals surface area (Å²) in [5.74, 6) is -0.910. The minimum Gasteiger partial charge on any atom is -0.478 e. The maximum atomic E-state index is 10.9. The Morgan fingerprint density at radius 2 is 2.19 bits per heavy atom. The third kappa shape index (κ3) is 3.85. The van der Waals surface area contributed by atoms with Gasteiger partial charge in [0.2, 0.25) is 0 Å². The number of carboxylic acid groups (broad SMARTS) is 1. The molecule has 1 aromatic rings. The second-order valence-electron chi connectivity index (χ2n) is 3.87. The summed E-state index contributed by atoms with van der Waals surface area (Å²) in [6, 6.07) is 5.48. The van der Waals surface area contributed by atoms with Crippen molar-refractivity contribution in [2.45, 2.75) is 32.7 Å². The Kier molecular flexibility index (Phi) is 4.80. The van der Waals surface area contributed by atoms with Crippen molar-refractivity contribution < 1.29 is 9.90 Å². The zero-order valence-electron chi connectivity index (χ0n) is 9.46. The number of benzene rings is 1. The highest BCUT2D eigenvalue weighted by Crippen LogP contribution is 2.21. The minimum absolute atomic E-state index is 0.292. The fourth-order valence-electron chi connectivity index (χ4n) is 1.59. The van der Waals surface area contributed by atoms with Crippen LogP contribution in [0.4, 0.5) is 5.69 Å². The van der Waals surface area contributed by atoms with Gasteiger partial charge in [0.15, 0.2) is 0 Å². The van der Waals surface area contributed by atoms with E-state index in [1.165, 1.54) is 0 Å². The van der Waals surface area contributed by atoms with Crippen LogP contribution in [-0.2, 0) is 0 Å². The fourth-order valence-corrected chi connectivity index (χ4v) is 2.08. The number of hydrogen-bond donors (Lipinski definition) is 2. The quantitative estimate of drug-likeness (QED) is 0.866. The molecule has 0 spiro atoms. The molecule has 0 aliphatic heterocycles. The fraction of sp³-hybridized carbons (Fsp3) is 0.417. The summed E-state index contributed by atoms with van der Waals surface area (Å²) in [7, 11) is 0. The highest BCUT2D eigenvalue weighted by atomic mass is 79.9. The number of nitrogens with one attached hydrogen (secondary N) is 1. The topological polar surface area (TPSA) is 49.3 Å². The van der Waals surface area contributed by atoms with Crippen LogP contribution >= 0.6 is 15.9 Å². The van der Waals surface area contributed by atoms with Crippen LogP contribution in [0.3, 0.4) is 0 Å². The van der Waals surface area contributed by atoms with Gasteiger partial charge in [0, 0.05) is 16.2 Å². The van der Waals surface area contributed by atoms with Gasteiger partial charge in [-0.1, -0.05) is 29.3 Å². The average molecular weight is 286 g/mol. The molecule has 0 saturated carbocycles. The van der Waals surface area contributed by atoms with Crippen molar-refractivity contribution in [1.82, 2.24) is 0 Å². The summed E-state index contributed by atoms with van der Waals surface area (Å²) < 4.78 is 0.776. The SMILES string of the molecule is CCCC(C)Nc1cc(Br)cc(C(=O)O)c1. The van der Waals surface area contributed by atoms with Crippen molar-refractivity contribution in [3.63, 3.8) is 0 Å². The number of anilines is 1. The van der Waals surface area contributed by atoms with Gasteiger partial charge in [0.25, 0.3) is 0 Å². The Labute approximate surface area is 104 Å². The summed E-state index contributed by atoms with van der Waals surface area (Å²) >= 11 is 3.31. The van der Waals surface area contributed by atoms with Crippen molar-refractivity contribution in [2.75, 3.05) is 5.32 Å². The van der Waals surface area contributed by atoms with Crippen molar-refractivity contribution in [2.24, 2.45) is 0 Å². The molecular weight excluding hydrogens is 270 g/mol. The molecule has 2 N–H and O–H groups in total. The van der Waals surface area contributed by atoms with Crippen molar-refractivity contribution in [1.29, 1.82) is 0 Å². The van der Waals surface area contributed by atoms with Gasteiger partial charge in [-0.2, -0.15) is 0 Å². The molecule has 1 atom stereocenters. The van der Waals surface area contributed by atoms with Gasteiger partial charge >= 0.3 is 5.97 Å². The minimum atomic E-state index is -0.910. The van der Waals surface area contributed by atoms with Crippen molar-refractivity contribution in [3.8, 4) is 0 Å². The second kappa shape index (κ2) is 5.89. The van der Waals surface area contributed by atoms with Crippen LogP contribution in [0, 0.1) is 0 Å². The van der Waals surface area contributed by atoms with Crippen LogP contribution in [0.1, 0.15) is 37.0 Å². The summed E-state index contributed by atoms with van der Waals surface area (Å²) in [5, 5.41) is 12.2. The molecule has 16 heavy (non-hydrogen) atoms. The molecule has 0 saturated heterocycles. The molecule has 0 bridgehead atoms. The standard InChI is InChI=1S/C12H16BrNO2/c1-3-4-8(2)14-11-6-9(12(15)16)5-10(13)7-11/h5-8,14H,3-4H2,1-2H3,(H,15,16). The Balaban J connectivity index is 2.84. The van der Waals surface area contributed by atoms with Crippen LogP contribution in [0.2, 0.25) is 0 Å². The second-order valence-corrected chi connectivity index (χ2v) is 4.78. The van der Waals surface area contributed by atoms with Crippen molar-refractivity contribution in [3.05, 3.63) is 28.2 Å². The number of carboxylic acids is 1. The summed E-state index contributed by atoms with van der Waals surface area (Å²) in [5.41, 5.74) is 1.13. The lowest BCUT2D eigenvalue weighted by atomic mass is 10.1. The van der Waals surface area contributed by atoms with Gasteiger partial charge in [0.1, 0.15) is 0 Å². The molecule has 88 valence electrons. The zero-order valence-corrected chi connectivity index (χ0v) is 11.0. The van der Waals surface area contributed by atoms with Gasteiger partial charge in [-0.3, -0.25) is 0 Å². The highest BCUT2D eigenvalue weighted by Gasteiger charge is 2.07. The highest BCUT2D eigenvalue weighted by molar-refractivity contribution is 9.10. The number of hydrogen-bond acceptors (Lipinski definition) is 2. The van der Waals surface area contributed by atoms with E-state index in [1.807, 2.05) is 6.07 Å². The normalized spacial score (nSPS) is 12.2. The van der Waals surface area contributed by atoms with E-state index in [2.05, 4.69) is 35.1 Å². The monoisotopic (exact) mass is 285 g/mol. The lowest BCUT2D eigenvalue weighted by Crippen LogP contribution is -2.14. The summed E-state index contributed by atoms with van der Waals surface area (Å²) in [6.45, 7) is 4.21. The van der Waals surface area contributed by atoms with E-state index in [-0.39, 0.29) is 0 Å².